The maximum absolute atomic E-state index is 8.75. The highest BCUT2D eigenvalue weighted by Gasteiger charge is 2.11. The number of aliphatic hydroxyl groups excluding tert-OH is 1. The Morgan fingerprint density at radius 2 is 2.43 bits per heavy atom. The van der Waals surface area contributed by atoms with Crippen LogP contribution in [0.25, 0.3) is 10.3 Å². The minimum absolute atomic E-state index is 0.0878. The summed E-state index contributed by atoms with van der Waals surface area (Å²) in [6.07, 6.45) is 2.28. The molecule has 0 saturated carbocycles. The van der Waals surface area contributed by atoms with Gasteiger partial charge in [0.2, 0.25) is 0 Å². The number of rotatable bonds is 3. The zero-order valence-electron chi connectivity index (χ0n) is 7.55. The summed E-state index contributed by atoms with van der Waals surface area (Å²) in [4.78, 5) is 9.43. The second kappa shape index (κ2) is 4.00. The van der Waals surface area contributed by atoms with Gasteiger partial charge in [-0.15, -0.1) is 0 Å². The molecule has 0 saturated heterocycles. The fraction of sp³-hybridized carbons (Fsp3) is 0.333. The first-order chi connectivity index (χ1) is 6.81. The van der Waals surface area contributed by atoms with Gasteiger partial charge in [-0.1, -0.05) is 11.3 Å². The number of thiazole rings is 1. The van der Waals surface area contributed by atoms with Gasteiger partial charge in [0.15, 0.2) is 0 Å². The van der Waals surface area contributed by atoms with Gasteiger partial charge in [0.05, 0.1) is 6.04 Å². The van der Waals surface area contributed by atoms with Crippen LogP contribution in [0.4, 0.5) is 0 Å². The van der Waals surface area contributed by atoms with Crippen molar-refractivity contribution in [1.82, 2.24) is 9.97 Å². The molecule has 0 aliphatic carbocycles. The number of aromatic nitrogens is 2. The summed E-state index contributed by atoms with van der Waals surface area (Å²) in [6, 6.07) is 3.58. The monoisotopic (exact) mass is 209 g/mol. The van der Waals surface area contributed by atoms with Crippen LogP contribution in [0.2, 0.25) is 0 Å². The lowest BCUT2D eigenvalue weighted by Gasteiger charge is -2.03. The van der Waals surface area contributed by atoms with Crippen molar-refractivity contribution in [3.63, 3.8) is 0 Å². The van der Waals surface area contributed by atoms with E-state index in [-0.39, 0.29) is 12.6 Å². The number of fused-ring (bicyclic) bond motifs is 1. The lowest BCUT2D eigenvalue weighted by molar-refractivity contribution is 0.276. The van der Waals surface area contributed by atoms with Crippen molar-refractivity contribution in [2.75, 3.05) is 6.61 Å². The van der Waals surface area contributed by atoms with Crippen molar-refractivity contribution in [3.05, 3.63) is 23.3 Å². The number of nitrogens with two attached hydrogens (primary N) is 1. The van der Waals surface area contributed by atoms with Crippen molar-refractivity contribution in [2.45, 2.75) is 12.5 Å². The Hall–Kier alpha value is -1.04. The third kappa shape index (κ3) is 1.75. The molecule has 0 amide bonds. The van der Waals surface area contributed by atoms with Crippen molar-refractivity contribution >= 4 is 21.7 Å². The molecule has 1 unspecified atom stereocenters. The Morgan fingerprint density at radius 1 is 1.57 bits per heavy atom. The molecule has 0 radical (unpaired) electrons. The molecule has 2 aromatic rings. The van der Waals surface area contributed by atoms with E-state index < -0.39 is 0 Å². The molecule has 2 aromatic heterocycles. The molecule has 1 atom stereocenters. The standard InChI is InChI=1S/C9H11N3OS/c10-6(3-5-13)8-12-7-2-1-4-11-9(7)14-8/h1-2,4,6,13H,3,5,10H2. The molecule has 3 N–H and O–H groups in total. The predicted octanol–water partition coefficient (Wildman–Crippen LogP) is 1.07. The van der Waals surface area contributed by atoms with Crippen molar-refractivity contribution in [3.8, 4) is 0 Å². The van der Waals surface area contributed by atoms with E-state index in [0.717, 1.165) is 15.4 Å². The normalized spacial score (nSPS) is 13.3. The van der Waals surface area contributed by atoms with Crippen LogP contribution in [-0.4, -0.2) is 21.7 Å². The highest BCUT2D eigenvalue weighted by atomic mass is 32.1. The third-order valence-electron chi connectivity index (χ3n) is 1.94. The summed E-state index contributed by atoms with van der Waals surface area (Å²) in [5, 5.41) is 9.59. The van der Waals surface area contributed by atoms with E-state index in [1.54, 1.807) is 6.20 Å². The van der Waals surface area contributed by atoms with Gasteiger partial charge >= 0.3 is 0 Å². The Balaban J connectivity index is 2.35. The molecule has 0 aliphatic rings. The summed E-state index contributed by atoms with van der Waals surface area (Å²) in [5.74, 6) is 0. The zero-order chi connectivity index (χ0) is 9.97. The van der Waals surface area contributed by atoms with Gasteiger partial charge < -0.3 is 10.8 Å². The molecule has 0 aliphatic heterocycles. The first-order valence-electron chi connectivity index (χ1n) is 4.39. The molecule has 0 aromatic carbocycles. The summed E-state index contributed by atoms with van der Waals surface area (Å²) >= 11 is 1.49. The van der Waals surface area contributed by atoms with Crippen LogP contribution < -0.4 is 5.73 Å². The van der Waals surface area contributed by atoms with E-state index in [0.29, 0.717) is 6.42 Å². The number of pyridine rings is 1. The fourth-order valence-electron chi connectivity index (χ4n) is 1.21. The molecular weight excluding hydrogens is 198 g/mol. The molecule has 0 fully saturated rings. The Morgan fingerprint density at radius 3 is 3.14 bits per heavy atom. The largest absolute Gasteiger partial charge is 0.396 e. The van der Waals surface area contributed by atoms with Crippen LogP contribution in [-0.2, 0) is 0 Å². The van der Waals surface area contributed by atoms with Gasteiger partial charge in [-0.25, -0.2) is 9.97 Å². The topological polar surface area (TPSA) is 72.0 Å². The fourth-order valence-corrected chi connectivity index (χ4v) is 2.15. The highest BCUT2D eigenvalue weighted by Crippen LogP contribution is 2.24. The summed E-state index contributed by atoms with van der Waals surface area (Å²) in [5.41, 5.74) is 6.71. The van der Waals surface area contributed by atoms with Gasteiger partial charge in [0.1, 0.15) is 15.4 Å². The first kappa shape index (κ1) is 9.51. The number of aliphatic hydroxyl groups is 1. The van der Waals surface area contributed by atoms with Crippen LogP contribution in [0.3, 0.4) is 0 Å². The predicted molar refractivity (Wildman–Crippen MR) is 56.0 cm³/mol. The zero-order valence-corrected chi connectivity index (χ0v) is 8.37. The van der Waals surface area contributed by atoms with Gasteiger partial charge in [-0.05, 0) is 18.6 Å². The summed E-state index contributed by atoms with van der Waals surface area (Å²) in [6.45, 7) is 0.0878. The Labute approximate surface area is 85.4 Å². The van der Waals surface area contributed by atoms with Gasteiger partial charge in [0.25, 0.3) is 0 Å². The van der Waals surface area contributed by atoms with Gasteiger partial charge in [0, 0.05) is 12.8 Å². The van der Waals surface area contributed by atoms with E-state index in [2.05, 4.69) is 9.97 Å². The van der Waals surface area contributed by atoms with Crippen molar-refractivity contribution < 1.29 is 5.11 Å². The molecular formula is C9H11N3OS. The van der Waals surface area contributed by atoms with E-state index in [1.807, 2.05) is 12.1 Å². The summed E-state index contributed by atoms with van der Waals surface area (Å²) in [7, 11) is 0. The van der Waals surface area contributed by atoms with Crippen molar-refractivity contribution in [1.29, 1.82) is 0 Å². The smallest absolute Gasteiger partial charge is 0.143 e. The van der Waals surface area contributed by atoms with E-state index >= 15 is 0 Å². The third-order valence-corrected chi connectivity index (χ3v) is 3.05. The minimum Gasteiger partial charge on any atom is -0.396 e. The maximum atomic E-state index is 8.75. The lowest BCUT2D eigenvalue weighted by atomic mass is 10.2. The Bertz CT molecular complexity index is 396. The number of hydrogen-bond acceptors (Lipinski definition) is 5. The molecule has 14 heavy (non-hydrogen) atoms. The van der Waals surface area contributed by atoms with Crippen LogP contribution >= 0.6 is 11.3 Å². The van der Waals surface area contributed by atoms with Crippen LogP contribution in [0.5, 0.6) is 0 Å². The SMILES string of the molecule is NC(CCO)c1nc2cccnc2s1. The first-order valence-corrected chi connectivity index (χ1v) is 5.21. The lowest BCUT2D eigenvalue weighted by Crippen LogP contribution is -2.11. The maximum Gasteiger partial charge on any atom is 0.143 e. The molecule has 5 heteroatoms. The van der Waals surface area contributed by atoms with Gasteiger partial charge in [-0.3, -0.25) is 0 Å². The molecule has 2 heterocycles. The molecule has 4 nitrogen and oxygen atoms in total. The van der Waals surface area contributed by atoms with E-state index in [1.165, 1.54) is 11.3 Å². The number of hydrogen-bond donors (Lipinski definition) is 2. The Kier molecular flexibility index (Phi) is 2.72. The molecule has 2 rings (SSSR count). The van der Waals surface area contributed by atoms with Crippen molar-refractivity contribution in [2.24, 2.45) is 5.73 Å². The van der Waals surface area contributed by atoms with Crippen LogP contribution in [0.1, 0.15) is 17.5 Å². The van der Waals surface area contributed by atoms with Gasteiger partial charge in [-0.2, -0.15) is 0 Å². The summed E-state index contributed by atoms with van der Waals surface area (Å²) < 4.78 is 0. The highest BCUT2D eigenvalue weighted by molar-refractivity contribution is 7.18. The van der Waals surface area contributed by atoms with E-state index in [4.69, 9.17) is 10.8 Å². The molecule has 0 spiro atoms. The second-order valence-electron chi connectivity index (χ2n) is 3.00. The molecule has 74 valence electrons. The molecule has 0 bridgehead atoms. The average molecular weight is 209 g/mol. The number of nitrogens with zero attached hydrogens (tertiary/aromatic N) is 2. The minimum atomic E-state index is -0.181. The average Bonchev–Trinajstić information content (AvgIpc) is 2.61. The van der Waals surface area contributed by atoms with Crippen LogP contribution in [0.15, 0.2) is 18.3 Å². The van der Waals surface area contributed by atoms with E-state index in [9.17, 15) is 0 Å². The second-order valence-corrected chi connectivity index (χ2v) is 4.01. The van der Waals surface area contributed by atoms with Crippen LogP contribution in [0, 0.1) is 0 Å². The quantitative estimate of drug-likeness (QED) is 0.793.